The molecular formula is C66H42N2O. The first-order chi connectivity index (χ1) is 34.2. The van der Waals surface area contributed by atoms with Crippen LogP contribution >= 0.6 is 0 Å². The van der Waals surface area contributed by atoms with Crippen LogP contribution in [0.3, 0.4) is 0 Å². The van der Waals surface area contributed by atoms with E-state index in [1.165, 1.54) is 59.7 Å². The second kappa shape index (κ2) is 15.7. The lowest BCUT2D eigenvalue weighted by Crippen LogP contribution is -2.10. The molecule has 0 saturated carbocycles. The molecular weight excluding hydrogens is 837 g/mol. The Morgan fingerprint density at radius 2 is 0.696 bits per heavy atom. The number of anilines is 3. The summed E-state index contributed by atoms with van der Waals surface area (Å²) in [4.78, 5) is 2.40. The zero-order valence-electron chi connectivity index (χ0n) is 37.6. The van der Waals surface area contributed by atoms with Gasteiger partial charge in [0, 0.05) is 49.7 Å². The van der Waals surface area contributed by atoms with Crippen molar-refractivity contribution in [2.24, 2.45) is 0 Å². The predicted octanol–water partition coefficient (Wildman–Crippen LogP) is 18.6. The second-order valence-corrected chi connectivity index (χ2v) is 18.0. The molecule has 0 N–H and O–H groups in total. The monoisotopic (exact) mass is 878 g/mol. The summed E-state index contributed by atoms with van der Waals surface area (Å²) < 4.78 is 8.81. The van der Waals surface area contributed by atoms with Crippen LogP contribution in [0.4, 0.5) is 17.1 Å². The van der Waals surface area contributed by atoms with Gasteiger partial charge < -0.3 is 13.9 Å². The van der Waals surface area contributed by atoms with Crippen LogP contribution in [0.25, 0.3) is 115 Å². The molecule has 322 valence electrons. The topological polar surface area (TPSA) is 21.3 Å². The molecule has 0 spiro atoms. The number of nitrogens with zero attached hydrogens (tertiary/aromatic N) is 2. The lowest BCUT2D eigenvalue weighted by molar-refractivity contribution is 0.670. The van der Waals surface area contributed by atoms with Crippen molar-refractivity contribution in [3.63, 3.8) is 0 Å². The summed E-state index contributed by atoms with van der Waals surface area (Å²) in [5.41, 5.74) is 15.5. The van der Waals surface area contributed by atoms with Crippen LogP contribution in [-0.4, -0.2) is 4.57 Å². The van der Waals surface area contributed by atoms with Gasteiger partial charge in [0.25, 0.3) is 0 Å². The molecule has 0 atom stereocenters. The standard InChI is InChI=1S/C66H42N2O/c1-2-17-54-52(15-1)53-16-3-4-18-55(53)61-42-49(40-41-56(54)61)67(47-36-32-44(33-37-47)43-28-30-46(31-29-43)51-22-13-23-60-59-21-8-12-27-65(59)69-66(51)60)48-38-34-45(35-39-48)50-14-5-9-24-62(50)68-63-25-10-6-19-57(63)58-20-7-11-26-64(58)68/h1-42H. The molecule has 2 heterocycles. The van der Waals surface area contributed by atoms with Crippen LogP contribution in [0.15, 0.2) is 259 Å². The second-order valence-electron chi connectivity index (χ2n) is 18.0. The molecule has 14 rings (SSSR count). The van der Waals surface area contributed by atoms with Crippen molar-refractivity contribution in [3.8, 4) is 39.1 Å². The summed E-state index contributed by atoms with van der Waals surface area (Å²) in [5.74, 6) is 0. The van der Waals surface area contributed by atoms with E-state index in [0.29, 0.717) is 0 Å². The largest absolute Gasteiger partial charge is 0.455 e. The van der Waals surface area contributed by atoms with E-state index in [9.17, 15) is 0 Å². The van der Waals surface area contributed by atoms with Gasteiger partial charge in [0.05, 0.1) is 16.7 Å². The molecule has 0 amide bonds. The highest BCUT2D eigenvalue weighted by molar-refractivity contribution is 6.26. The van der Waals surface area contributed by atoms with Crippen LogP contribution in [0.5, 0.6) is 0 Å². The zero-order valence-corrected chi connectivity index (χ0v) is 37.6. The van der Waals surface area contributed by atoms with Gasteiger partial charge in [-0.3, -0.25) is 0 Å². The van der Waals surface area contributed by atoms with Gasteiger partial charge in [-0.2, -0.15) is 0 Å². The minimum Gasteiger partial charge on any atom is -0.455 e. The number of hydrogen-bond donors (Lipinski definition) is 0. The molecule has 0 radical (unpaired) electrons. The summed E-state index contributed by atoms with van der Waals surface area (Å²) in [7, 11) is 0. The molecule has 2 aromatic heterocycles. The van der Waals surface area contributed by atoms with Gasteiger partial charge in [0.1, 0.15) is 11.2 Å². The highest BCUT2D eigenvalue weighted by Crippen LogP contribution is 2.43. The zero-order chi connectivity index (χ0) is 45.4. The molecule has 0 aliphatic heterocycles. The normalized spacial score (nSPS) is 11.8. The summed E-state index contributed by atoms with van der Waals surface area (Å²) in [6.45, 7) is 0. The van der Waals surface area contributed by atoms with Gasteiger partial charge >= 0.3 is 0 Å². The first-order valence-corrected chi connectivity index (χ1v) is 23.7. The Labute approximate surface area is 399 Å². The molecule has 3 nitrogen and oxygen atoms in total. The van der Waals surface area contributed by atoms with E-state index in [4.69, 9.17) is 4.42 Å². The van der Waals surface area contributed by atoms with E-state index >= 15 is 0 Å². The first kappa shape index (κ1) is 39.0. The van der Waals surface area contributed by atoms with Gasteiger partial charge in [-0.15, -0.1) is 0 Å². The molecule has 0 aliphatic rings. The smallest absolute Gasteiger partial charge is 0.143 e. The number of hydrogen-bond acceptors (Lipinski definition) is 2. The molecule has 0 saturated heterocycles. The van der Waals surface area contributed by atoms with Crippen molar-refractivity contribution in [1.82, 2.24) is 4.57 Å². The van der Waals surface area contributed by atoms with Crippen molar-refractivity contribution in [2.75, 3.05) is 4.90 Å². The maximum Gasteiger partial charge on any atom is 0.143 e. The Balaban J connectivity index is 0.874. The Kier molecular flexibility index (Phi) is 8.90. The predicted molar refractivity (Wildman–Crippen MR) is 292 cm³/mol. The molecule has 0 fully saturated rings. The van der Waals surface area contributed by atoms with Crippen LogP contribution in [0, 0.1) is 0 Å². The van der Waals surface area contributed by atoms with Crippen LogP contribution in [-0.2, 0) is 0 Å². The Bertz CT molecular complexity index is 4200. The fourth-order valence-corrected chi connectivity index (χ4v) is 11.0. The average molecular weight is 879 g/mol. The molecule has 12 aromatic carbocycles. The average Bonchev–Trinajstić information content (AvgIpc) is 3.98. The van der Waals surface area contributed by atoms with Crippen LogP contribution < -0.4 is 4.90 Å². The minimum atomic E-state index is 0.910. The highest BCUT2D eigenvalue weighted by atomic mass is 16.3. The summed E-state index contributed by atoms with van der Waals surface area (Å²) in [5, 5.41) is 12.3. The molecule has 0 unspecified atom stereocenters. The number of furan rings is 1. The SMILES string of the molecule is c1ccc(-n2c3ccccc3c3ccccc32)c(-c2ccc(N(c3ccc(-c4ccc(-c5cccc6c5oc5ccccc56)cc4)cc3)c3ccc4c5ccccc5c5ccccc5c4c3)cc2)c1. The third kappa shape index (κ3) is 6.29. The summed E-state index contributed by atoms with van der Waals surface area (Å²) in [6.07, 6.45) is 0. The quantitative estimate of drug-likeness (QED) is 0.149. The van der Waals surface area contributed by atoms with E-state index in [1.54, 1.807) is 0 Å². The van der Waals surface area contributed by atoms with Crippen molar-refractivity contribution in [3.05, 3.63) is 255 Å². The van der Waals surface area contributed by atoms with Crippen molar-refractivity contribution in [2.45, 2.75) is 0 Å². The number of benzene rings is 12. The molecule has 0 aliphatic carbocycles. The van der Waals surface area contributed by atoms with Crippen molar-refractivity contribution >= 4 is 93.1 Å². The van der Waals surface area contributed by atoms with Crippen molar-refractivity contribution < 1.29 is 4.42 Å². The highest BCUT2D eigenvalue weighted by Gasteiger charge is 2.19. The number of rotatable bonds is 7. The Morgan fingerprint density at radius 1 is 0.275 bits per heavy atom. The summed E-state index contributed by atoms with van der Waals surface area (Å²) in [6, 6.07) is 92.5. The molecule has 14 aromatic rings. The first-order valence-electron chi connectivity index (χ1n) is 23.7. The van der Waals surface area contributed by atoms with Gasteiger partial charge in [-0.05, 0) is 115 Å². The lowest BCUT2D eigenvalue weighted by Gasteiger charge is -2.27. The third-order valence-electron chi connectivity index (χ3n) is 14.2. The Hall–Kier alpha value is -9.18. The van der Waals surface area contributed by atoms with E-state index in [0.717, 1.165) is 72.5 Å². The lowest BCUT2D eigenvalue weighted by atomic mass is 9.94. The number of aromatic nitrogens is 1. The number of para-hydroxylation sites is 5. The maximum absolute atomic E-state index is 6.40. The summed E-state index contributed by atoms with van der Waals surface area (Å²) >= 11 is 0. The Morgan fingerprint density at radius 3 is 1.33 bits per heavy atom. The van der Waals surface area contributed by atoms with Gasteiger partial charge in [0.2, 0.25) is 0 Å². The van der Waals surface area contributed by atoms with Crippen molar-refractivity contribution in [1.29, 1.82) is 0 Å². The number of fused-ring (bicyclic) bond motifs is 12. The molecule has 69 heavy (non-hydrogen) atoms. The van der Waals surface area contributed by atoms with E-state index in [-0.39, 0.29) is 0 Å². The maximum atomic E-state index is 6.40. The molecule has 0 bridgehead atoms. The fraction of sp³-hybridized carbons (Fsp3) is 0. The minimum absolute atomic E-state index is 0.910. The van der Waals surface area contributed by atoms with Gasteiger partial charge in [0.15, 0.2) is 0 Å². The van der Waals surface area contributed by atoms with Crippen LogP contribution in [0.2, 0.25) is 0 Å². The fourth-order valence-electron chi connectivity index (χ4n) is 11.0. The van der Waals surface area contributed by atoms with E-state index in [1.807, 2.05) is 12.1 Å². The van der Waals surface area contributed by atoms with Gasteiger partial charge in [-0.1, -0.05) is 194 Å². The van der Waals surface area contributed by atoms with E-state index in [2.05, 4.69) is 252 Å². The molecule has 3 heteroatoms. The van der Waals surface area contributed by atoms with Crippen LogP contribution in [0.1, 0.15) is 0 Å². The van der Waals surface area contributed by atoms with Gasteiger partial charge in [-0.25, -0.2) is 0 Å². The van der Waals surface area contributed by atoms with E-state index < -0.39 is 0 Å². The third-order valence-corrected chi connectivity index (χ3v) is 14.2.